The van der Waals surface area contributed by atoms with Crippen LogP contribution in [0.15, 0.2) is 34.2 Å². The van der Waals surface area contributed by atoms with E-state index in [0.717, 1.165) is 35.2 Å². The smallest absolute Gasteiger partial charge is 0.320 e. The Kier molecular flexibility index (Phi) is 4.36. The normalized spacial score (nSPS) is 15.3. The first-order chi connectivity index (χ1) is 11.2. The quantitative estimate of drug-likeness (QED) is 0.869. The number of likely N-dealkylation sites (tertiary alicyclic amines) is 1. The lowest BCUT2D eigenvalue weighted by atomic mass is 10.1. The predicted molar refractivity (Wildman–Crippen MR) is 86.8 cm³/mol. The van der Waals surface area contributed by atoms with E-state index in [0.29, 0.717) is 13.1 Å². The summed E-state index contributed by atoms with van der Waals surface area (Å²) in [5, 5.41) is 10.4. The third kappa shape index (κ3) is 3.23. The van der Waals surface area contributed by atoms with Crippen LogP contribution in [0, 0.1) is 6.92 Å². The van der Waals surface area contributed by atoms with Crippen LogP contribution in [0.25, 0.3) is 0 Å². The summed E-state index contributed by atoms with van der Waals surface area (Å²) >= 11 is 0. The highest BCUT2D eigenvalue weighted by Gasteiger charge is 2.24. The average molecular weight is 313 g/mol. The van der Waals surface area contributed by atoms with Gasteiger partial charge in [0.1, 0.15) is 0 Å². The second kappa shape index (κ2) is 6.60. The summed E-state index contributed by atoms with van der Waals surface area (Å²) in [6.07, 6.45) is 4.63. The molecule has 7 heteroatoms. The van der Waals surface area contributed by atoms with Crippen molar-refractivity contribution >= 4 is 12.1 Å². The third-order valence-corrected chi connectivity index (χ3v) is 4.00. The summed E-state index contributed by atoms with van der Waals surface area (Å²) in [6.45, 7) is 3.32. The number of amides is 1. The molecular formula is C16H19N5O2. The minimum atomic E-state index is -0.523. The van der Waals surface area contributed by atoms with Crippen molar-refractivity contribution in [3.8, 4) is 0 Å². The molecule has 2 heterocycles. The molecular weight excluding hydrogens is 294 g/mol. The SMILES string of the molecule is Cc1ccccc1C=Nn1[nH]nc(C(=O)N2CCCCC2)c1=O. The molecule has 0 saturated carbocycles. The zero-order valence-electron chi connectivity index (χ0n) is 13.0. The number of aryl methyl sites for hydroxylation is 1. The van der Waals surface area contributed by atoms with E-state index in [1.807, 2.05) is 31.2 Å². The molecule has 1 aliphatic heterocycles. The minimum absolute atomic E-state index is 0.103. The van der Waals surface area contributed by atoms with Gasteiger partial charge in [0.25, 0.3) is 5.91 Å². The largest absolute Gasteiger partial charge is 0.337 e. The maximum absolute atomic E-state index is 12.3. The number of carbonyl (C=O) groups excluding carboxylic acids is 1. The number of nitrogens with one attached hydrogen (secondary N) is 1. The fourth-order valence-corrected chi connectivity index (χ4v) is 2.61. The molecule has 0 spiro atoms. The van der Waals surface area contributed by atoms with Gasteiger partial charge in [-0.05, 0) is 37.3 Å². The van der Waals surface area contributed by atoms with Crippen molar-refractivity contribution in [2.45, 2.75) is 26.2 Å². The van der Waals surface area contributed by atoms with E-state index in [4.69, 9.17) is 0 Å². The first kappa shape index (κ1) is 15.2. The molecule has 0 unspecified atom stereocenters. The van der Waals surface area contributed by atoms with Gasteiger partial charge < -0.3 is 4.90 Å². The summed E-state index contributed by atoms with van der Waals surface area (Å²) < 4.78 is 0. The zero-order chi connectivity index (χ0) is 16.2. The Morgan fingerprint density at radius 3 is 2.74 bits per heavy atom. The Bertz CT molecular complexity index is 784. The number of aromatic amines is 1. The van der Waals surface area contributed by atoms with Crippen molar-refractivity contribution in [1.29, 1.82) is 0 Å². The highest BCUT2D eigenvalue weighted by molar-refractivity contribution is 5.92. The molecule has 0 radical (unpaired) electrons. The summed E-state index contributed by atoms with van der Waals surface area (Å²) in [7, 11) is 0. The molecule has 3 rings (SSSR count). The van der Waals surface area contributed by atoms with Crippen LogP contribution in [0.4, 0.5) is 0 Å². The molecule has 1 amide bonds. The first-order valence-electron chi connectivity index (χ1n) is 7.73. The van der Waals surface area contributed by atoms with Gasteiger partial charge in [0.15, 0.2) is 0 Å². The van der Waals surface area contributed by atoms with Crippen molar-refractivity contribution in [2.24, 2.45) is 5.10 Å². The molecule has 1 aliphatic rings. The van der Waals surface area contributed by atoms with E-state index < -0.39 is 5.56 Å². The maximum Gasteiger partial charge on any atom is 0.320 e. The van der Waals surface area contributed by atoms with Gasteiger partial charge >= 0.3 is 5.56 Å². The summed E-state index contributed by atoms with van der Waals surface area (Å²) in [5.74, 6) is -0.323. The fraction of sp³-hybridized carbons (Fsp3) is 0.375. The van der Waals surface area contributed by atoms with Crippen molar-refractivity contribution < 1.29 is 4.79 Å². The van der Waals surface area contributed by atoms with Crippen molar-refractivity contribution in [3.05, 3.63) is 51.4 Å². The van der Waals surface area contributed by atoms with E-state index in [1.54, 1.807) is 11.1 Å². The van der Waals surface area contributed by atoms with Gasteiger partial charge in [-0.15, -0.1) is 9.89 Å². The number of hydrogen-bond acceptors (Lipinski definition) is 4. The summed E-state index contributed by atoms with van der Waals surface area (Å²) in [6, 6.07) is 7.70. The molecule has 0 atom stereocenters. The molecule has 1 N–H and O–H groups in total. The maximum atomic E-state index is 12.3. The Morgan fingerprint density at radius 1 is 1.26 bits per heavy atom. The second-order valence-electron chi connectivity index (χ2n) is 5.63. The van der Waals surface area contributed by atoms with Gasteiger partial charge in [0.05, 0.1) is 6.21 Å². The molecule has 120 valence electrons. The van der Waals surface area contributed by atoms with E-state index >= 15 is 0 Å². The molecule has 7 nitrogen and oxygen atoms in total. The lowest BCUT2D eigenvalue weighted by molar-refractivity contribution is 0.0717. The third-order valence-electron chi connectivity index (χ3n) is 4.00. The van der Waals surface area contributed by atoms with Gasteiger partial charge in [-0.3, -0.25) is 9.59 Å². The van der Waals surface area contributed by atoms with Gasteiger partial charge in [-0.25, -0.2) is 0 Å². The minimum Gasteiger partial charge on any atom is -0.337 e. The lowest BCUT2D eigenvalue weighted by Crippen LogP contribution is -2.38. The number of piperidine rings is 1. The highest BCUT2D eigenvalue weighted by Crippen LogP contribution is 2.10. The number of carbonyl (C=O) groups is 1. The Hall–Kier alpha value is -2.70. The van der Waals surface area contributed by atoms with E-state index in [9.17, 15) is 9.59 Å². The summed E-state index contributed by atoms with van der Waals surface area (Å²) in [4.78, 5) is 27.3. The standard InChI is InChI=1S/C16H19N5O2/c1-12-7-3-4-8-13(12)11-17-21-16(23)14(18-19-21)15(22)20-9-5-2-6-10-20/h3-4,7-8,11,19H,2,5-6,9-10H2,1H3. The second-order valence-corrected chi connectivity index (χ2v) is 5.63. The van der Waals surface area contributed by atoms with Crippen molar-refractivity contribution in [2.75, 3.05) is 13.1 Å². The molecule has 23 heavy (non-hydrogen) atoms. The Labute approximate surface area is 133 Å². The topological polar surface area (TPSA) is 83.3 Å². The van der Waals surface area contributed by atoms with Crippen molar-refractivity contribution in [1.82, 2.24) is 20.0 Å². The molecule has 0 bridgehead atoms. The fourth-order valence-electron chi connectivity index (χ4n) is 2.61. The number of H-pyrrole nitrogens is 1. The number of nitrogens with zero attached hydrogens (tertiary/aromatic N) is 4. The van der Waals surface area contributed by atoms with Crippen LogP contribution in [0.3, 0.4) is 0 Å². The van der Waals surface area contributed by atoms with Crippen LogP contribution in [0.1, 0.15) is 40.9 Å². The Morgan fingerprint density at radius 2 is 2.00 bits per heavy atom. The van der Waals surface area contributed by atoms with Crippen LogP contribution < -0.4 is 5.56 Å². The van der Waals surface area contributed by atoms with Crippen LogP contribution in [0.2, 0.25) is 0 Å². The number of aromatic nitrogens is 3. The molecule has 1 fully saturated rings. The monoisotopic (exact) mass is 313 g/mol. The molecule has 2 aromatic rings. The lowest BCUT2D eigenvalue weighted by Gasteiger charge is -2.25. The van der Waals surface area contributed by atoms with Crippen LogP contribution in [-0.4, -0.2) is 45.2 Å². The molecule has 1 aromatic carbocycles. The van der Waals surface area contributed by atoms with Gasteiger partial charge in [-0.1, -0.05) is 24.3 Å². The molecule has 1 saturated heterocycles. The molecule has 1 aromatic heterocycles. The van der Waals surface area contributed by atoms with Crippen LogP contribution in [-0.2, 0) is 0 Å². The van der Waals surface area contributed by atoms with Crippen molar-refractivity contribution in [3.63, 3.8) is 0 Å². The van der Waals surface area contributed by atoms with E-state index in [-0.39, 0.29) is 11.6 Å². The summed E-state index contributed by atoms with van der Waals surface area (Å²) in [5.41, 5.74) is 1.32. The average Bonchev–Trinajstić information content (AvgIpc) is 2.95. The first-order valence-corrected chi connectivity index (χ1v) is 7.73. The highest BCUT2D eigenvalue weighted by atomic mass is 16.2. The van der Waals surface area contributed by atoms with Gasteiger partial charge in [0, 0.05) is 13.1 Å². The Balaban J connectivity index is 1.81. The van der Waals surface area contributed by atoms with Gasteiger partial charge in [0.2, 0.25) is 5.69 Å². The van der Waals surface area contributed by atoms with Gasteiger partial charge in [-0.2, -0.15) is 10.3 Å². The van der Waals surface area contributed by atoms with E-state index in [1.165, 1.54) is 0 Å². The van der Waals surface area contributed by atoms with E-state index in [2.05, 4.69) is 15.4 Å². The number of hydrogen-bond donors (Lipinski definition) is 1. The number of rotatable bonds is 3. The van der Waals surface area contributed by atoms with Crippen LogP contribution in [0.5, 0.6) is 0 Å². The molecule has 0 aliphatic carbocycles. The predicted octanol–water partition coefficient (Wildman–Crippen LogP) is 1.39. The van der Waals surface area contributed by atoms with Crippen LogP contribution >= 0.6 is 0 Å². The zero-order valence-corrected chi connectivity index (χ0v) is 13.0. The number of benzene rings is 1.